The predicted molar refractivity (Wildman–Crippen MR) is 188 cm³/mol. The molecule has 8 fully saturated rings. The highest BCUT2D eigenvalue weighted by Crippen LogP contribution is 2.76. The van der Waals surface area contributed by atoms with Gasteiger partial charge in [0.05, 0.1) is 24.9 Å². The van der Waals surface area contributed by atoms with E-state index < -0.39 is 60.4 Å². The Kier molecular flexibility index (Phi) is 9.75. The molecule has 4 saturated heterocycles. The van der Waals surface area contributed by atoms with Crippen molar-refractivity contribution >= 4 is 23.9 Å². The molecule has 18 unspecified atom stereocenters. The smallest absolute Gasteiger partial charge is 0.303 e. The molecule has 0 aromatic heterocycles. The Labute approximate surface area is 318 Å². The summed E-state index contributed by atoms with van der Waals surface area (Å²) in [6.45, 7) is 15.1. The Hall–Kier alpha value is -2.32. The largest absolute Gasteiger partial charge is 0.463 e. The molecule has 54 heavy (non-hydrogen) atoms. The zero-order chi connectivity index (χ0) is 38.5. The van der Waals surface area contributed by atoms with Crippen LogP contribution in [0.2, 0.25) is 0 Å². The normalized spacial score (nSPS) is 51.4. The van der Waals surface area contributed by atoms with Crippen LogP contribution in [0.3, 0.4) is 0 Å². The van der Waals surface area contributed by atoms with Crippen LogP contribution < -0.4 is 0 Å². The first kappa shape index (κ1) is 38.5. The predicted octanol–water partition coefficient (Wildman–Crippen LogP) is 5.03. The third-order valence-corrected chi connectivity index (χ3v) is 15.6. The van der Waals surface area contributed by atoms with E-state index >= 15 is 0 Å². The molecule has 4 aliphatic heterocycles. The summed E-state index contributed by atoms with van der Waals surface area (Å²) in [5, 5.41) is 0. The maximum atomic E-state index is 12.4. The molecule has 0 aromatic rings. The standard InChI is InChI=1S/C41H60O13/c1-20-9-14-41(47-18-20)21(2)33-30(53-41)16-29-27-15-32-40(54-32)17-26(10-13-39(40,8)28(27)11-12-38(29,33)7)51-37-36(50-25(6)45)35(49-24(5)44)34(48-23(4)43)31(52-37)19-46-22(3)42/h20-21,26-37H,9-19H2,1-8H3. The molecule has 302 valence electrons. The van der Waals surface area contributed by atoms with Crippen LogP contribution in [-0.2, 0) is 61.8 Å². The van der Waals surface area contributed by atoms with E-state index in [0.29, 0.717) is 41.9 Å². The van der Waals surface area contributed by atoms with Gasteiger partial charge in [-0.3, -0.25) is 19.2 Å². The third kappa shape index (κ3) is 6.12. The quantitative estimate of drug-likeness (QED) is 0.148. The Morgan fingerprint density at radius 2 is 1.46 bits per heavy atom. The molecule has 8 rings (SSSR count). The minimum atomic E-state index is -1.26. The Morgan fingerprint density at radius 3 is 2.13 bits per heavy atom. The van der Waals surface area contributed by atoms with Gasteiger partial charge in [-0.05, 0) is 80.0 Å². The Bertz CT molecular complexity index is 1510. The second-order valence-electron chi connectivity index (χ2n) is 18.6. The topological polar surface area (TPSA) is 155 Å². The van der Waals surface area contributed by atoms with Gasteiger partial charge in [0.15, 0.2) is 30.4 Å². The summed E-state index contributed by atoms with van der Waals surface area (Å²) < 4.78 is 55.5. The van der Waals surface area contributed by atoms with Crippen molar-refractivity contribution in [2.45, 2.75) is 174 Å². The number of epoxide rings is 1. The van der Waals surface area contributed by atoms with E-state index in [1.54, 1.807) is 0 Å². The molecule has 18 atom stereocenters. The van der Waals surface area contributed by atoms with Crippen molar-refractivity contribution in [1.82, 2.24) is 0 Å². The average molecular weight is 761 g/mol. The molecule has 0 bridgehead atoms. The number of hydrogen-bond donors (Lipinski definition) is 0. The molecule has 0 N–H and O–H groups in total. The summed E-state index contributed by atoms with van der Waals surface area (Å²) >= 11 is 0. The number of rotatable bonds is 7. The first-order valence-corrected chi connectivity index (χ1v) is 20.5. The minimum Gasteiger partial charge on any atom is -0.463 e. The molecular weight excluding hydrogens is 700 g/mol. The lowest BCUT2D eigenvalue weighted by Gasteiger charge is -2.60. The fourth-order valence-electron chi connectivity index (χ4n) is 13.3. The van der Waals surface area contributed by atoms with Crippen LogP contribution >= 0.6 is 0 Å². The van der Waals surface area contributed by atoms with Gasteiger partial charge in [0.2, 0.25) is 0 Å². The first-order valence-electron chi connectivity index (χ1n) is 20.5. The van der Waals surface area contributed by atoms with E-state index in [1.165, 1.54) is 34.1 Å². The van der Waals surface area contributed by atoms with Crippen LogP contribution in [0.1, 0.15) is 113 Å². The SMILES string of the molecule is CC(=O)OCC1OC(OC2CCC3(C)C4CCC5(C)C(CC6OC7(CCC(C)CO7)C(C)C65)C4CC4OC43C2)C(OC(C)=O)C(OC(C)=O)C1OC(C)=O. The van der Waals surface area contributed by atoms with Crippen molar-refractivity contribution in [2.24, 2.45) is 46.3 Å². The van der Waals surface area contributed by atoms with Gasteiger partial charge in [-0.2, -0.15) is 0 Å². The number of hydrogen-bond acceptors (Lipinski definition) is 13. The lowest BCUT2D eigenvalue weighted by Crippen LogP contribution is -2.64. The van der Waals surface area contributed by atoms with Crippen molar-refractivity contribution in [3.05, 3.63) is 0 Å². The summed E-state index contributed by atoms with van der Waals surface area (Å²) in [5.74, 6) is 0.152. The molecule has 0 amide bonds. The van der Waals surface area contributed by atoms with Crippen LogP contribution in [0.25, 0.3) is 0 Å². The maximum Gasteiger partial charge on any atom is 0.303 e. The zero-order valence-corrected chi connectivity index (χ0v) is 33.2. The molecule has 13 nitrogen and oxygen atoms in total. The second-order valence-corrected chi connectivity index (χ2v) is 18.6. The van der Waals surface area contributed by atoms with Crippen LogP contribution in [0.4, 0.5) is 0 Å². The van der Waals surface area contributed by atoms with Crippen LogP contribution in [0.15, 0.2) is 0 Å². The summed E-state index contributed by atoms with van der Waals surface area (Å²) in [6, 6.07) is 0. The molecule has 8 aliphatic rings. The fourth-order valence-corrected chi connectivity index (χ4v) is 13.3. The summed E-state index contributed by atoms with van der Waals surface area (Å²) in [5.41, 5.74) is -0.156. The van der Waals surface area contributed by atoms with Crippen molar-refractivity contribution in [3.8, 4) is 0 Å². The number of carbonyl (C=O) groups excluding carboxylic acids is 4. The van der Waals surface area contributed by atoms with E-state index in [0.717, 1.165) is 51.6 Å². The minimum absolute atomic E-state index is 0.0307. The zero-order valence-electron chi connectivity index (χ0n) is 33.2. The van der Waals surface area contributed by atoms with E-state index in [9.17, 15) is 19.2 Å². The van der Waals surface area contributed by atoms with Gasteiger partial charge in [-0.1, -0.05) is 27.7 Å². The second kappa shape index (κ2) is 13.7. The van der Waals surface area contributed by atoms with Gasteiger partial charge < -0.3 is 42.6 Å². The lowest BCUT2D eigenvalue weighted by atomic mass is 9.44. The Balaban J connectivity index is 0.995. The van der Waals surface area contributed by atoms with E-state index in [4.69, 9.17) is 42.6 Å². The van der Waals surface area contributed by atoms with Gasteiger partial charge in [0.25, 0.3) is 0 Å². The van der Waals surface area contributed by atoms with E-state index in [-0.39, 0.29) is 41.3 Å². The first-order chi connectivity index (χ1) is 25.5. The number of fused-ring (bicyclic) bond motifs is 6. The molecular formula is C41H60O13. The molecule has 4 heterocycles. The van der Waals surface area contributed by atoms with Gasteiger partial charge >= 0.3 is 23.9 Å². The molecule has 4 aliphatic carbocycles. The van der Waals surface area contributed by atoms with Crippen molar-refractivity contribution in [3.63, 3.8) is 0 Å². The molecule has 0 radical (unpaired) electrons. The van der Waals surface area contributed by atoms with Crippen LogP contribution in [0.5, 0.6) is 0 Å². The third-order valence-electron chi connectivity index (χ3n) is 15.6. The van der Waals surface area contributed by atoms with Gasteiger partial charge in [-0.25, -0.2) is 0 Å². The van der Waals surface area contributed by atoms with Gasteiger partial charge in [0.1, 0.15) is 18.3 Å². The van der Waals surface area contributed by atoms with Gasteiger partial charge in [0, 0.05) is 51.9 Å². The molecule has 4 saturated carbocycles. The highest BCUT2D eigenvalue weighted by Gasteiger charge is 2.78. The maximum absolute atomic E-state index is 12.4. The molecule has 2 spiro atoms. The lowest BCUT2D eigenvalue weighted by molar-refractivity contribution is -0.321. The van der Waals surface area contributed by atoms with Crippen molar-refractivity contribution in [2.75, 3.05) is 13.2 Å². The molecule has 0 aromatic carbocycles. The highest BCUT2D eigenvalue weighted by molar-refractivity contribution is 5.68. The van der Waals surface area contributed by atoms with Gasteiger partial charge in [-0.15, -0.1) is 0 Å². The van der Waals surface area contributed by atoms with E-state index in [2.05, 4.69) is 27.7 Å². The number of esters is 4. The van der Waals surface area contributed by atoms with E-state index in [1.807, 2.05) is 0 Å². The monoisotopic (exact) mass is 760 g/mol. The summed E-state index contributed by atoms with van der Waals surface area (Å²) in [4.78, 5) is 48.8. The average Bonchev–Trinajstić information content (AvgIpc) is 3.61. The number of ether oxygens (including phenoxy) is 9. The van der Waals surface area contributed by atoms with Crippen molar-refractivity contribution < 1.29 is 61.8 Å². The summed E-state index contributed by atoms with van der Waals surface area (Å²) in [7, 11) is 0. The fraction of sp³-hybridized carbons (Fsp3) is 0.902. The number of carbonyl (C=O) groups is 4. The van der Waals surface area contributed by atoms with Crippen LogP contribution in [0, 0.1) is 46.3 Å². The molecule has 13 heteroatoms. The van der Waals surface area contributed by atoms with Crippen LogP contribution in [-0.4, -0.2) is 97.5 Å². The van der Waals surface area contributed by atoms with Crippen molar-refractivity contribution in [1.29, 1.82) is 0 Å². The highest BCUT2D eigenvalue weighted by atomic mass is 16.7. The summed E-state index contributed by atoms with van der Waals surface area (Å²) in [6.07, 6.45) is 2.98. The Morgan fingerprint density at radius 1 is 0.759 bits per heavy atom.